The molecular formula is C20H32O4. The van der Waals surface area contributed by atoms with Gasteiger partial charge in [-0.1, -0.05) is 51.4 Å². The molecule has 2 N–H and O–H groups in total. The average molecular weight is 336 g/mol. The zero-order chi connectivity index (χ0) is 17.2. The predicted octanol–water partition coefficient (Wildman–Crippen LogP) is 4.86. The second kappa shape index (κ2) is 7.05. The quantitative estimate of drug-likeness (QED) is 0.768. The molecule has 0 aromatic rings. The first-order valence-corrected chi connectivity index (χ1v) is 10.0. The van der Waals surface area contributed by atoms with E-state index in [1.54, 1.807) is 0 Å². The van der Waals surface area contributed by atoms with Crippen molar-refractivity contribution in [2.45, 2.75) is 89.9 Å². The smallest absolute Gasteiger partial charge is 0.311 e. The Morgan fingerprint density at radius 3 is 1.21 bits per heavy atom. The van der Waals surface area contributed by atoms with E-state index in [-0.39, 0.29) is 11.8 Å². The van der Waals surface area contributed by atoms with Crippen LogP contribution in [0.4, 0.5) is 0 Å². The van der Waals surface area contributed by atoms with E-state index in [2.05, 4.69) is 0 Å². The summed E-state index contributed by atoms with van der Waals surface area (Å²) in [6.45, 7) is 0. The zero-order valence-electron chi connectivity index (χ0n) is 14.8. The summed E-state index contributed by atoms with van der Waals surface area (Å²) in [4.78, 5) is 25.3. The SMILES string of the molecule is O=C(O)C1(C2CCCCC2)CCCCC1(C(=O)O)C1CCCCC1. The van der Waals surface area contributed by atoms with E-state index in [1.165, 1.54) is 0 Å². The maximum atomic E-state index is 12.7. The fourth-order valence-corrected chi connectivity index (χ4v) is 6.53. The number of hydrogen-bond acceptors (Lipinski definition) is 2. The Morgan fingerprint density at radius 2 is 0.917 bits per heavy atom. The zero-order valence-corrected chi connectivity index (χ0v) is 14.8. The minimum atomic E-state index is -1.04. The highest BCUT2D eigenvalue weighted by Gasteiger charge is 2.67. The molecule has 2 atom stereocenters. The lowest BCUT2D eigenvalue weighted by molar-refractivity contribution is -0.200. The van der Waals surface area contributed by atoms with Crippen LogP contribution in [-0.2, 0) is 9.59 Å². The first kappa shape index (κ1) is 17.8. The fraction of sp³-hybridized carbons (Fsp3) is 0.900. The van der Waals surface area contributed by atoms with Gasteiger partial charge in [0.1, 0.15) is 0 Å². The van der Waals surface area contributed by atoms with Gasteiger partial charge in [-0.2, -0.15) is 0 Å². The molecule has 3 saturated carbocycles. The molecule has 0 amide bonds. The van der Waals surface area contributed by atoms with E-state index in [9.17, 15) is 19.8 Å². The van der Waals surface area contributed by atoms with Crippen molar-refractivity contribution in [2.24, 2.45) is 22.7 Å². The number of carboxylic acids is 2. The lowest BCUT2D eigenvalue weighted by Crippen LogP contribution is -2.62. The topological polar surface area (TPSA) is 74.6 Å². The second-order valence-corrected chi connectivity index (χ2v) is 8.43. The molecule has 3 rings (SSSR count). The van der Waals surface area contributed by atoms with E-state index >= 15 is 0 Å². The standard InChI is InChI=1S/C20H32O4/c21-17(22)19(15-9-3-1-4-10-15)13-7-8-14-20(19,18(23)24)16-11-5-2-6-12-16/h15-16H,1-14H2,(H,21,22)(H,23,24). The van der Waals surface area contributed by atoms with Crippen LogP contribution in [0, 0.1) is 22.7 Å². The highest BCUT2D eigenvalue weighted by molar-refractivity contribution is 5.87. The van der Waals surface area contributed by atoms with Gasteiger partial charge in [0.15, 0.2) is 0 Å². The lowest BCUT2D eigenvalue weighted by atomic mass is 9.44. The Hall–Kier alpha value is -1.06. The number of rotatable bonds is 4. The van der Waals surface area contributed by atoms with Gasteiger partial charge in [0, 0.05) is 0 Å². The third-order valence-corrected chi connectivity index (χ3v) is 7.56. The van der Waals surface area contributed by atoms with Gasteiger partial charge in [0.25, 0.3) is 0 Å². The van der Waals surface area contributed by atoms with Crippen molar-refractivity contribution in [1.82, 2.24) is 0 Å². The summed E-state index contributed by atoms with van der Waals surface area (Å²) >= 11 is 0. The van der Waals surface area contributed by atoms with Gasteiger partial charge in [-0.05, 0) is 50.4 Å². The molecular weight excluding hydrogens is 304 g/mol. The molecule has 3 fully saturated rings. The van der Waals surface area contributed by atoms with Crippen LogP contribution < -0.4 is 0 Å². The van der Waals surface area contributed by atoms with E-state index < -0.39 is 22.8 Å². The molecule has 0 heterocycles. The first-order chi connectivity index (χ1) is 11.6. The maximum Gasteiger partial charge on any atom is 0.311 e. The summed E-state index contributed by atoms with van der Waals surface area (Å²) in [6, 6.07) is 0. The molecule has 0 bridgehead atoms. The molecule has 0 spiro atoms. The minimum absolute atomic E-state index is 0.0436. The van der Waals surface area contributed by atoms with Gasteiger partial charge in [-0.25, -0.2) is 0 Å². The van der Waals surface area contributed by atoms with Crippen LogP contribution in [0.2, 0.25) is 0 Å². The Kier molecular flexibility index (Phi) is 5.22. The molecule has 2 unspecified atom stereocenters. The van der Waals surface area contributed by atoms with Crippen LogP contribution in [0.15, 0.2) is 0 Å². The number of carbonyl (C=O) groups is 2. The molecule has 4 nitrogen and oxygen atoms in total. The summed E-state index contributed by atoms with van der Waals surface area (Å²) in [6.07, 6.45) is 13.0. The number of aliphatic carboxylic acids is 2. The summed E-state index contributed by atoms with van der Waals surface area (Å²) in [5.41, 5.74) is -2.08. The molecule has 4 heteroatoms. The largest absolute Gasteiger partial charge is 0.481 e. The highest BCUT2D eigenvalue weighted by atomic mass is 16.4. The van der Waals surface area contributed by atoms with Gasteiger partial charge in [-0.15, -0.1) is 0 Å². The van der Waals surface area contributed by atoms with Crippen LogP contribution in [0.3, 0.4) is 0 Å². The van der Waals surface area contributed by atoms with Gasteiger partial charge in [0.05, 0.1) is 10.8 Å². The lowest BCUT2D eigenvalue weighted by Gasteiger charge is -2.57. The highest BCUT2D eigenvalue weighted by Crippen LogP contribution is 2.63. The third-order valence-electron chi connectivity index (χ3n) is 7.56. The molecule has 0 aromatic carbocycles. The van der Waals surface area contributed by atoms with E-state index in [1.807, 2.05) is 0 Å². The first-order valence-electron chi connectivity index (χ1n) is 10.0. The van der Waals surface area contributed by atoms with Crippen LogP contribution in [-0.4, -0.2) is 22.2 Å². The van der Waals surface area contributed by atoms with Crippen molar-refractivity contribution < 1.29 is 19.8 Å². The van der Waals surface area contributed by atoms with Gasteiger partial charge in [-0.3, -0.25) is 9.59 Å². The third kappa shape index (κ3) is 2.57. The van der Waals surface area contributed by atoms with E-state index in [0.717, 1.165) is 77.0 Å². The van der Waals surface area contributed by atoms with Gasteiger partial charge in [0.2, 0.25) is 0 Å². The average Bonchev–Trinajstić information content (AvgIpc) is 2.62. The summed E-state index contributed by atoms with van der Waals surface area (Å²) in [5.74, 6) is -1.55. The van der Waals surface area contributed by atoms with Crippen molar-refractivity contribution in [2.75, 3.05) is 0 Å². The predicted molar refractivity (Wildman–Crippen MR) is 91.8 cm³/mol. The van der Waals surface area contributed by atoms with Gasteiger partial charge < -0.3 is 10.2 Å². The maximum absolute atomic E-state index is 12.7. The van der Waals surface area contributed by atoms with Crippen LogP contribution in [0.25, 0.3) is 0 Å². The summed E-state index contributed by atoms with van der Waals surface area (Å²) in [5, 5.41) is 20.8. The van der Waals surface area contributed by atoms with Crippen LogP contribution >= 0.6 is 0 Å². The molecule has 3 aliphatic carbocycles. The minimum Gasteiger partial charge on any atom is -0.481 e. The number of hydrogen-bond donors (Lipinski definition) is 2. The van der Waals surface area contributed by atoms with Crippen molar-refractivity contribution in [3.05, 3.63) is 0 Å². The Morgan fingerprint density at radius 1 is 0.583 bits per heavy atom. The van der Waals surface area contributed by atoms with Crippen LogP contribution in [0.5, 0.6) is 0 Å². The summed E-state index contributed by atoms with van der Waals surface area (Å²) < 4.78 is 0. The Bertz CT molecular complexity index is 432. The molecule has 3 aliphatic rings. The Balaban J connectivity index is 2.10. The monoisotopic (exact) mass is 336 g/mol. The van der Waals surface area contributed by atoms with Crippen molar-refractivity contribution in [3.63, 3.8) is 0 Å². The van der Waals surface area contributed by atoms with Gasteiger partial charge >= 0.3 is 11.9 Å². The molecule has 0 radical (unpaired) electrons. The molecule has 24 heavy (non-hydrogen) atoms. The normalized spacial score (nSPS) is 36.3. The fourth-order valence-electron chi connectivity index (χ4n) is 6.53. The molecule has 0 aliphatic heterocycles. The van der Waals surface area contributed by atoms with Crippen LogP contribution in [0.1, 0.15) is 89.9 Å². The number of carboxylic acid groups (broad SMARTS) is 2. The van der Waals surface area contributed by atoms with E-state index in [4.69, 9.17) is 0 Å². The van der Waals surface area contributed by atoms with Crippen molar-refractivity contribution in [3.8, 4) is 0 Å². The molecule has 0 aromatic heterocycles. The Labute approximate surface area is 145 Å². The summed E-state index contributed by atoms with van der Waals surface area (Å²) in [7, 11) is 0. The molecule has 0 saturated heterocycles. The second-order valence-electron chi connectivity index (χ2n) is 8.43. The van der Waals surface area contributed by atoms with Crippen molar-refractivity contribution in [1.29, 1.82) is 0 Å². The molecule has 136 valence electrons. The van der Waals surface area contributed by atoms with E-state index in [0.29, 0.717) is 12.8 Å². The van der Waals surface area contributed by atoms with Crippen molar-refractivity contribution >= 4 is 11.9 Å².